The van der Waals surface area contributed by atoms with Gasteiger partial charge in [-0.2, -0.15) is 4.98 Å². The van der Waals surface area contributed by atoms with Gasteiger partial charge in [0, 0.05) is 20.4 Å². The average Bonchev–Trinajstić information content (AvgIpc) is 2.24. The number of rotatable bonds is 5. The van der Waals surface area contributed by atoms with Crippen LogP contribution in [-0.2, 0) is 9.47 Å². The van der Waals surface area contributed by atoms with Crippen LogP contribution in [-0.4, -0.2) is 37.0 Å². The molecule has 1 aromatic rings. The van der Waals surface area contributed by atoms with E-state index in [1.54, 1.807) is 20.4 Å². The molecule has 84 valence electrons. The third-order valence-corrected chi connectivity index (χ3v) is 2.65. The van der Waals surface area contributed by atoms with Gasteiger partial charge < -0.3 is 14.8 Å². The van der Waals surface area contributed by atoms with E-state index in [2.05, 4.69) is 37.9 Å². The van der Waals surface area contributed by atoms with Crippen LogP contribution >= 0.6 is 34.2 Å². The van der Waals surface area contributed by atoms with Gasteiger partial charge in [-0.3, -0.25) is 0 Å². The monoisotopic (exact) mass is 343 g/mol. The third kappa shape index (κ3) is 4.06. The van der Waals surface area contributed by atoms with E-state index in [1.165, 1.54) is 0 Å². The van der Waals surface area contributed by atoms with Gasteiger partial charge in [-0.05, 0) is 34.2 Å². The van der Waals surface area contributed by atoms with E-state index < -0.39 is 0 Å². The fourth-order valence-corrected chi connectivity index (χ4v) is 1.50. The van der Waals surface area contributed by atoms with Crippen molar-refractivity contribution in [3.63, 3.8) is 0 Å². The first-order chi connectivity index (χ1) is 7.17. The lowest BCUT2D eigenvalue weighted by Crippen LogP contribution is -2.24. The Morgan fingerprint density at radius 2 is 2.20 bits per heavy atom. The number of hydrogen-bond acceptors (Lipinski definition) is 5. The Hall–Kier alpha value is -0.180. The highest BCUT2D eigenvalue weighted by molar-refractivity contribution is 14.1. The number of methoxy groups -OCH3 is 2. The lowest BCUT2D eigenvalue weighted by atomic mass is 10.5. The molecular weight excluding hydrogens is 332 g/mol. The molecule has 0 radical (unpaired) electrons. The number of halogens is 2. The second-order valence-electron chi connectivity index (χ2n) is 2.62. The Kier molecular flexibility index (Phi) is 5.51. The molecule has 5 nitrogen and oxygen atoms in total. The minimum Gasteiger partial charge on any atom is -0.364 e. The summed E-state index contributed by atoms with van der Waals surface area (Å²) in [5, 5.41) is 3.27. The van der Waals surface area contributed by atoms with Gasteiger partial charge in [0.15, 0.2) is 6.29 Å². The van der Waals surface area contributed by atoms with Crippen LogP contribution in [0.15, 0.2) is 6.20 Å². The molecule has 0 aliphatic heterocycles. The molecule has 0 unspecified atom stereocenters. The maximum atomic E-state index is 5.67. The average molecular weight is 344 g/mol. The summed E-state index contributed by atoms with van der Waals surface area (Å²) in [4.78, 5) is 7.89. The van der Waals surface area contributed by atoms with E-state index in [0.717, 1.165) is 3.57 Å². The molecule has 0 saturated carbocycles. The van der Waals surface area contributed by atoms with Crippen LogP contribution < -0.4 is 5.32 Å². The van der Waals surface area contributed by atoms with Crippen molar-refractivity contribution in [2.75, 3.05) is 26.1 Å². The SMILES string of the molecule is COC(CNc1nc(Cl)ncc1I)OC. The summed E-state index contributed by atoms with van der Waals surface area (Å²) in [6, 6.07) is 0. The molecule has 1 aromatic heterocycles. The second kappa shape index (κ2) is 6.41. The molecular formula is C8H11ClIN3O2. The van der Waals surface area contributed by atoms with Gasteiger partial charge in [0.1, 0.15) is 5.82 Å². The first-order valence-electron chi connectivity index (χ1n) is 4.15. The van der Waals surface area contributed by atoms with Gasteiger partial charge in [-0.1, -0.05) is 0 Å². The number of aromatic nitrogens is 2. The lowest BCUT2D eigenvalue weighted by molar-refractivity contribution is -0.0914. The Labute approximate surface area is 107 Å². The first kappa shape index (κ1) is 12.9. The molecule has 15 heavy (non-hydrogen) atoms. The van der Waals surface area contributed by atoms with Crippen molar-refractivity contribution in [2.24, 2.45) is 0 Å². The molecule has 0 aromatic carbocycles. The zero-order valence-electron chi connectivity index (χ0n) is 8.33. The molecule has 0 fully saturated rings. The zero-order valence-corrected chi connectivity index (χ0v) is 11.2. The minimum atomic E-state index is -0.311. The van der Waals surface area contributed by atoms with Gasteiger partial charge >= 0.3 is 0 Å². The number of nitrogens with zero attached hydrogens (tertiary/aromatic N) is 2. The number of ether oxygens (including phenoxy) is 2. The van der Waals surface area contributed by atoms with E-state index in [-0.39, 0.29) is 11.6 Å². The van der Waals surface area contributed by atoms with Gasteiger partial charge in [-0.15, -0.1) is 0 Å². The van der Waals surface area contributed by atoms with Gasteiger partial charge in [0.05, 0.1) is 10.1 Å². The van der Waals surface area contributed by atoms with Crippen molar-refractivity contribution in [3.05, 3.63) is 15.1 Å². The summed E-state index contributed by atoms with van der Waals surface area (Å²) in [6.07, 6.45) is 1.34. The molecule has 1 heterocycles. The minimum absolute atomic E-state index is 0.212. The van der Waals surface area contributed by atoms with Gasteiger partial charge in [0.2, 0.25) is 5.28 Å². The number of nitrogens with one attached hydrogen (secondary N) is 1. The van der Waals surface area contributed by atoms with E-state index in [1.807, 2.05) is 0 Å². The van der Waals surface area contributed by atoms with Crippen molar-refractivity contribution < 1.29 is 9.47 Å². The van der Waals surface area contributed by atoms with Crippen molar-refractivity contribution in [1.29, 1.82) is 0 Å². The molecule has 1 N–H and O–H groups in total. The van der Waals surface area contributed by atoms with E-state index in [4.69, 9.17) is 21.1 Å². The standard InChI is InChI=1S/C8H11ClIN3O2/c1-14-6(15-2)4-11-7-5(10)3-12-8(9)13-7/h3,6H,4H2,1-2H3,(H,11,12,13). The fourth-order valence-electron chi connectivity index (χ4n) is 0.912. The highest BCUT2D eigenvalue weighted by atomic mass is 127. The van der Waals surface area contributed by atoms with Crippen LogP contribution in [0.5, 0.6) is 0 Å². The van der Waals surface area contributed by atoms with Crippen LogP contribution in [0.4, 0.5) is 5.82 Å². The quantitative estimate of drug-likeness (QED) is 0.502. The molecule has 7 heteroatoms. The smallest absolute Gasteiger partial charge is 0.224 e. The Bertz CT molecular complexity index is 323. The van der Waals surface area contributed by atoms with Crippen molar-refractivity contribution in [1.82, 2.24) is 9.97 Å². The summed E-state index contributed by atoms with van der Waals surface area (Å²) in [5.41, 5.74) is 0. The predicted octanol–water partition coefficient (Wildman–Crippen LogP) is 1.77. The largest absolute Gasteiger partial charge is 0.364 e. The molecule has 0 aliphatic carbocycles. The molecule has 0 atom stereocenters. The first-order valence-corrected chi connectivity index (χ1v) is 5.60. The Morgan fingerprint density at radius 1 is 1.53 bits per heavy atom. The topological polar surface area (TPSA) is 56.3 Å². The molecule has 0 aliphatic rings. The predicted molar refractivity (Wildman–Crippen MR) is 66.1 cm³/mol. The van der Waals surface area contributed by atoms with Crippen molar-refractivity contribution in [3.8, 4) is 0 Å². The summed E-state index contributed by atoms with van der Waals surface area (Å²) in [7, 11) is 3.15. The van der Waals surface area contributed by atoms with Crippen molar-refractivity contribution in [2.45, 2.75) is 6.29 Å². The van der Waals surface area contributed by atoms with E-state index in [0.29, 0.717) is 12.4 Å². The van der Waals surface area contributed by atoms with Crippen LogP contribution in [0, 0.1) is 3.57 Å². The summed E-state index contributed by atoms with van der Waals surface area (Å²) in [5.74, 6) is 0.676. The summed E-state index contributed by atoms with van der Waals surface area (Å²) in [6.45, 7) is 0.496. The van der Waals surface area contributed by atoms with Crippen LogP contribution in [0.1, 0.15) is 0 Å². The van der Waals surface area contributed by atoms with E-state index in [9.17, 15) is 0 Å². The van der Waals surface area contributed by atoms with Crippen LogP contribution in [0.3, 0.4) is 0 Å². The van der Waals surface area contributed by atoms with Crippen molar-refractivity contribution >= 4 is 40.0 Å². The molecule has 0 spiro atoms. The highest BCUT2D eigenvalue weighted by Crippen LogP contribution is 2.16. The normalized spacial score (nSPS) is 10.7. The zero-order chi connectivity index (χ0) is 11.3. The number of anilines is 1. The fraction of sp³-hybridized carbons (Fsp3) is 0.500. The summed E-state index contributed by atoms with van der Waals surface area (Å²) < 4.78 is 10.9. The molecule has 0 amide bonds. The highest BCUT2D eigenvalue weighted by Gasteiger charge is 2.07. The number of hydrogen-bond donors (Lipinski definition) is 1. The second-order valence-corrected chi connectivity index (χ2v) is 4.12. The van der Waals surface area contributed by atoms with Crippen LogP contribution in [0.25, 0.3) is 0 Å². The maximum absolute atomic E-state index is 5.67. The Balaban J connectivity index is 2.60. The molecule has 0 bridgehead atoms. The van der Waals surface area contributed by atoms with E-state index >= 15 is 0 Å². The molecule has 1 rings (SSSR count). The summed E-state index contributed by atoms with van der Waals surface area (Å²) >= 11 is 7.79. The Morgan fingerprint density at radius 3 is 2.80 bits per heavy atom. The third-order valence-electron chi connectivity index (χ3n) is 1.68. The van der Waals surface area contributed by atoms with Gasteiger partial charge in [0.25, 0.3) is 0 Å². The van der Waals surface area contributed by atoms with Gasteiger partial charge in [-0.25, -0.2) is 4.98 Å². The lowest BCUT2D eigenvalue weighted by Gasteiger charge is -2.14. The maximum Gasteiger partial charge on any atom is 0.224 e. The molecule has 0 saturated heterocycles. The van der Waals surface area contributed by atoms with Crippen LogP contribution in [0.2, 0.25) is 5.28 Å².